The third kappa shape index (κ3) is 4.45. The van der Waals surface area contributed by atoms with Crippen molar-refractivity contribution >= 4 is 34.8 Å². The highest BCUT2D eigenvalue weighted by atomic mass is 35.5. The number of amides is 2. The van der Waals surface area contributed by atoms with Gasteiger partial charge in [-0.1, -0.05) is 11.6 Å². The van der Waals surface area contributed by atoms with Crippen molar-refractivity contribution in [1.82, 2.24) is 15.2 Å². The van der Waals surface area contributed by atoms with Gasteiger partial charge in [0.15, 0.2) is 0 Å². The van der Waals surface area contributed by atoms with Crippen molar-refractivity contribution in [2.45, 2.75) is 31.7 Å². The third-order valence-corrected chi connectivity index (χ3v) is 6.71. The van der Waals surface area contributed by atoms with E-state index in [1.54, 1.807) is 12.4 Å². The van der Waals surface area contributed by atoms with E-state index in [1.165, 1.54) is 0 Å². The van der Waals surface area contributed by atoms with Gasteiger partial charge in [-0.05, 0) is 55.5 Å². The molecule has 2 aromatic rings. The Morgan fingerprint density at radius 3 is 2.66 bits per heavy atom. The van der Waals surface area contributed by atoms with Crippen molar-refractivity contribution in [2.24, 2.45) is 5.92 Å². The molecule has 168 valence electrons. The summed E-state index contributed by atoms with van der Waals surface area (Å²) in [4.78, 5) is 34.5. The molecule has 0 spiro atoms. The van der Waals surface area contributed by atoms with Gasteiger partial charge in [0, 0.05) is 56.7 Å². The van der Waals surface area contributed by atoms with Crippen LogP contribution < -0.4 is 15.5 Å². The van der Waals surface area contributed by atoms with E-state index in [4.69, 9.17) is 11.6 Å². The van der Waals surface area contributed by atoms with Crippen LogP contribution in [-0.2, 0) is 4.79 Å². The molecule has 7 nitrogen and oxygen atoms in total. The number of rotatable bonds is 5. The minimum Gasteiger partial charge on any atom is -0.371 e. The summed E-state index contributed by atoms with van der Waals surface area (Å²) in [5.41, 5.74) is 3.27. The van der Waals surface area contributed by atoms with E-state index in [0.717, 1.165) is 62.3 Å². The van der Waals surface area contributed by atoms with Crippen LogP contribution in [0.1, 0.15) is 47.6 Å². The van der Waals surface area contributed by atoms with Gasteiger partial charge >= 0.3 is 0 Å². The number of hydrogen-bond donors (Lipinski definition) is 2. The Balaban J connectivity index is 1.46. The van der Waals surface area contributed by atoms with Crippen LogP contribution in [0.3, 0.4) is 0 Å². The second-order valence-electron chi connectivity index (χ2n) is 8.84. The summed E-state index contributed by atoms with van der Waals surface area (Å²) in [5.74, 6) is 0.213. The van der Waals surface area contributed by atoms with Crippen LogP contribution in [0.5, 0.6) is 0 Å². The quantitative estimate of drug-likeness (QED) is 0.724. The number of aromatic nitrogens is 1. The van der Waals surface area contributed by atoms with E-state index in [0.29, 0.717) is 23.7 Å². The van der Waals surface area contributed by atoms with Crippen molar-refractivity contribution in [1.29, 1.82) is 0 Å². The maximum atomic E-state index is 13.8. The molecule has 1 aromatic carbocycles. The van der Waals surface area contributed by atoms with Gasteiger partial charge in [0.1, 0.15) is 0 Å². The van der Waals surface area contributed by atoms with Crippen LogP contribution in [-0.4, -0.2) is 54.4 Å². The molecule has 3 heterocycles. The normalized spacial score (nSPS) is 21.0. The number of piperazine rings is 1. The van der Waals surface area contributed by atoms with Gasteiger partial charge in [-0.25, -0.2) is 0 Å². The summed E-state index contributed by atoms with van der Waals surface area (Å²) < 4.78 is 0. The topological polar surface area (TPSA) is 77.6 Å². The zero-order chi connectivity index (χ0) is 22.1. The Morgan fingerprint density at radius 1 is 1.09 bits per heavy atom. The summed E-state index contributed by atoms with van der Waals surface area (Å²) in [6, 6.07) is 7.43. The van der Waals surface area contributed by atoms with Crippen LogP contribution in [0, 0.1) is 5.92 Å². The van der Waals surface area contributed by atoms with Crippen molar-refractivity contribution in [3.05, 3.63) is 52.8 Å². The first-order chi connectivity index (χ1) is 15.6. The van der Waals surface area contributed by atoms with Gasteiger partial charge in [0.05, 0.1) is 22.3 Å². The third-order valence-electron chi connectivity index (χ3n) is 6.51. The highest BCUT2D eigenvalue weighted by Crippen LogP contribution is 2.34. The van der Waals surface area contributed by atoms with Gasteiger partial charge < -0.3 is 20.4 Å². The highest BCUT2D eigenvalue weighted by molar-refractivity contribution is 6.30. The molecular formula is C24H28ClN5O2. The fourth-order valence-electron chi connectivity index (χ4n) is 4.61. The van der Waals surface area contributed by atoms with Crippen molar-refractivity contribution in [3.8, 4) is 0 Å². The van der Waals surface area contributed by atoms with Crippen LogP contribution in [0.4, 0.5) is 11.4 Å². The smallest absolute Gasteiger partial charge is 0.256 e. The molecule has 1 aromatic heterocycles. The van der Waals surface area contributed by atoms with Crippen LogP contribution in [0.15, 0.2) is 36.7 Å². The van der Waals surface area contributed by atoms with Crippen molar-refractivity contribution in [2.75, 3.05) is 42.9 Å². The Morgan fingerprint density at radius 2 is 1.91 bits per heavy atom. The predicted molar refractivity (Wildman–Crippen MR) is 125 cm³/mol. The van der Waals surface area contributed by atoms with E-state index in [-0.39, 0.29) is 23.8 Å². The molecule has 2 N–H and O–H groups in total. The Hall–Kier alpha value is -2.64. The molecule has 2 aliphatic heterocycles. The molecule has 1 saturated carbocycles. The molecule has 5 rings (SSSR count). The molecule has 8 heteroatoms. The lowest BCUT2D eigenvalue weighted by atomic mass is 10.0. The van der Waals surface area contributed by atoms with Gasteiger partial charge in [-0.2, -0.15) is 0 Å². The summed E-state index contributed by atoms with van der Waals surface area (Å²) in [6.45, 7) is 3.84. The number of pyridine rings is 1. The SMILES string of the molecule is O=C(Nc1ccc(C(=O)N2CCNCC2c2cncc(Cl)c2)c(N2CCCC2)c1)C1CC1. The first kappa shape index (κ1) is 21.2. The fraction of sp³-hybridized carbons (Fsp3) is 0.458. The van der Waals surface area contributed by atoms with Gasteiger partial charge in [-0.3, -0.25) is 14.6 Å². The number of carbonyl (C=O) groups excluding carboxylic acids is 2. The number of anilines is 2. The lowest BCUT2D eigenvalue weighted by molar-refractivity contribution is -0.117. The molecule has 3 aliphatic rings. The van der Waals surface area contributed by atoms with E-state index in [2.05, 4.69) is 20.5 Å². The molecule has 32 heavy (non-hydrogen) atoms. The molecule has 1 atom stereocenters. The van der Waals surface area contributed by atoms with Crippen LogP contribution in [0.25, 0.3) is 0 Å². The Bertz CT molecular complexity index is 1020. The maximum absolute atomic E-state index is 13.8. The zero-order valence-corrected chi connectivity index (χ0v) is 18.8. The van der Waals surface area contributed by atoms with Crippen molar-refractivity contribution in [3.63, 3.8) is 0 Å². The number of carbonyl (C=O) groups is 2. The largest absolute Gasteiger partial charge is 0.371 e. The number of nitrogens with one attached hydrogen (secondary N) is 2. The summed E-state index contributed by atoms with van der Waals surface area (Å²) >= 11 is 6.18. The molecular weight excluding hydrogens is 426 g/mol. The molecule has 3 fully saturated rings. The average molecular weight is 454 g/mol. The van der Waals surface area contributed by atoms with Crippen molar-refractivity contribution < 1.29 is 9.59 Å². The zero-order valence-electron chi connectivity index (χ0n) is 18.0. The highest BCUT2D eigenvalue weighted by Gasteiger charge is 2.32. The monoisotopic (exact) mass is 453 g/mol. The first-order valence-corrected chi connectivity index (χ1v) is 11.8. The predicted octanol–water partition coefficient (Wildman–Crippen LogP) is 3.47. The molecule has 0 bridgehead atoms. The lowest BCUT2D eigenvalue weighted by Crippen LogP contribution is -2.49. The second-order valence-corrected chi connectivity index (χ2v) is 9.28. The number of halogens is 1. The van der Waals surface area contributed by atoms with E-state index >= 15 is 0 Å². The number of hydrogen-bond acceptors (Lipinski definition) is 5. The number of benzene rings is 1. The Kier molecular flexibility index (Phi) is 6.02. The van der Waals surface area contributed by atoms with Crippen LogP contribution in [0.2, 0.25) is 5.02 Å². The molecule has 1 unspecified atom stereocenters. The minimum absolute atomic E-state index is 0.00144. The minimum atomic E-state index is -0.136. The Labute approximate surface area is 193 Å². The summed E-state index contributed by atoms with van der Waals surface area (Å²) in [5, 5.41) is 6.98. The van der Waals surface area contributed by atoms with Gasteiger partial charge in [-0.15, -0.1) is 0 Å². The first-order valence-electron chi connectivity index (χ1n) is 11.4. The molecule has 0 radical (unpaired) electrons. The summed E-state index contributed by atoms with van der Waals surface area (Å²) in [7, 11) is 0. The average Bonchev–Trinajstić information content (AvgIpc) is 3.53. The van der Waals surface area contributed by atoms with E-state index in [1.807, 2.05) is 29.2 Å². The second kappa shape index (κ2) is 9.08. The van der Waals surface area contributed by atoms with Gasteiger partial charge in [0.2, 0.25) is 5.91 Å². The molecule has 2 saturated heterocycles. The number of nitrogens with zero attached hydrogens (tertiary/aromatic N) is 3. The van der Waals surface area contributed by atoms with Crippen LogP contribution >= 0.6 is 11.6 Å². The lowest BCUT2D eigenvalue weighted by Gasteiger charge is -2.37. The summed E-state index contributed by atoms with van der Waals surface area (Å²) in [6.07, 6.45) is 7.52. The van der Waals surface area contributed by atoms with Gasteiger partial charge in [0.25, 0.3) is 5.91 Å². The fourth-order valence-corrected chi connectivity index (χ4v) is 4.79. The van der Waals surface area contributed by atoms with E-state index < -0.39 is 0 Å². The molecule has 2 amide bonds. The molecule has 1 aliphatic carbocycles. The van der Waals surface area contributed by atoms with E-state index in [9.17, 15) is 9.59 Å². The standard InChI is InChI=1S/C24H28ClN5O2/c25-18-11-17(13-27-14-18)22-15-26-7-10-30(22)24(32)20-6-5-19(28-23(31)16-3-4-16)12-21(20)29-8-1-2-9-29/h5-6,11-14,16,22,26H,1-4,7-10,15H2,(H,28,31). The maximum Gasteiger partial charge on any atom is 0.256 e.